The van der Waals surface area contributed by atoms with E-state index in [0.717, 1.165) is 16.3 Å². The molecule has 25 heavy (non-hydrogen) atoms. The zero-order valence-corrected chi connectivity index (χ0v) is 15.4. The Kier molecular flexibility index (Phi) is 5.31. The average molecular weight is 381 g/mol. The van der Waals surface area contributed by atoms with Gasteiger partial charge >= 0.3 is 0 Å². The molecule has 9 heteroatoms. The van der Waals surface area contributed by atoms with Crippen LogP contribution in [0.3, 0.4) is 0 Å². The molecule has 1 aliphatic rings. The van der Waals surface area contributed by atoms with Crippen LogP contribution in [0.4, 0.5) is 10.8 Å². The maximum atomic E-state index is 12.4. The van der Waals surface area contributed by atoms with Crippen LogP contribution in [0.25, 0.3) is 0 Å². The van der Waals surface area contributed by atoms with Crippen molar-refractivity contribution in [2.24, 2.45) is 0 Å². The van der Waals surface area contributed by atoms with Crippen molar-refractivity contribution in [1.82, 2.24) is 10.2 Å². The van der Waals surface area contributed by atoms with E-state index in [2.05, 4.69) is 15.5 Å². The maximum Gasteiger partial charge on any atom is 0.252 e. The summed E-state index contributed by atoms with van der Waals surface area (Å²) in [5, 5.41) is 12.5. The van der Waals surface area contributed by atoms with Crippen LogP contribution in [0.15, 0.2) is 18.2 Å². The lowest BCUT2D eigenvalue weighted by atomic mass is 10.1. The molecule has 0 radical (unpaired) electrons. The van der Waals surface area contributed by atoms with Crippen molar-refractivity contribution >= 4 is 45.6 Å². The summed E-state index contributed by atoms with van der Waals surface area (Å²) in [6, 6.07) is 5.58. The zero-order valence-electron chi connectivity index (χ0n) is 13.8. The van der Waals surface area contributed by atoms with Crippen molar-refractivity contribution in [2.75, 3.05) is 30.5 Å². The van der Waals surface area contributed by atoms with Crippen LogP contribution in [0, 0.1) is 6.92 Å². The summed E-state index contributed by atoms with van der Waals surface area (Å²) in [5.74, 6) is -0.327. The van der Waals surface area contributed by atoms with Crippen molar-refractivity contribution < 1.29 is 14.3 Å². The van der Waals surface area contributed by atoms with Gasteiger partial charge < -0.3 is 9.64 Å². The number of amides is 2. The van der Waals surface area contributed by atoms with Crippen molar-refractivity contribution in [3.05, 3.63) is 33.8 Å². The Morgan fingerprint density at radius 2 is 2.28 bits per heavy atom. The highest BCUT2D eigenvalue weighted by Gasteiger charge is 2.34. The highest BCUT2D eigenvalue weighted by atomic mass is 35.5. The highest BCUT2D eigenvalue weighted by Crippen LogP contribution is 2.35. The van der Waals surface area contributed by atoms with Gasteiger partial charge in [-0.15, -0.1) is 10.2 Å². The fourth-order valence-corrected chi connectivity index (χ4v) is 3.63. The molecule has 1 aromatic carbocycles. The topological polar surface area (TPSA) is 84.4 Å². The number of methoxy groups -OCH3 is 1. The molecule has 1 N–H and O–H groups in total. The number of ether oxygens (including phenoxy) is 1. The Labute approximate surface area is 153 Å². The van der Waals surface area contributed by atoms with E-state index in [9.17, 15) is 9.59 Å². The summed E-state index contributed by atoms with van der Waals surface area (Å²) in [6.07, 6.45) is 0.353. The maximum absolute atomic E-state index is 12.4. The van der Waals surface area contributed by atoms with Crippen LogP contribution in [-0.4, -0.2) is 42.3 Å². The first-order valence-electron chi connectivity index (χ1n) is 7.66. The predicted molar refractivity (Wildman–Crippen MR) is 96.3 cm³/mol. The van der Waals surface area contributed by atoms with Crippen LogP contribution >= 0.6 is 22.9 Å². The fourth-order valence-electron chi connectivity index (χ4n) is 2.61. The normalized spacial score (nSPS) is 17.2. The average Bonchev–Trinajstić information content (AvgIpc) is 3.17. The molecule has 1 aliphatic heterocycles. The summed E-state index contributed by atoms with van der Waals surface area (Å²) >= 11 is 7.44. The molecule has 1 saturated heterocycles. The third-order valence-corrected chi connectivity index (χ3v) is 5.31. The number of carbonyl (C=O) groups excluding carboxylic acids is 2. The number of aromatic nitrogens is 2. The largest absolute Gasteiger partial charge is 0.375 e. The first-order valence-corrected chi connectivity index (χ1v) is 8.86. The standard InChI is InChI=1S/C16H17ClN4O3S/c1-9-3-4-11(6-12(9)17)21-7-10(5-14(21)23)15-19-20-16(25-15)18-13(22)8-24-2/h3-4,6,10H,5,7-8H2,1-2H3,(H,18,20,22)/t10-/m1/s1. The summed E-state index contributed by atoms with van der Waals surface area (Å²) in [4.78, 5) is 25.6. The first kappa shape index (κ1) is 17.8. The molecule has 2 aromatic rings. The number of hydrogen-bond acceptors (Lipinski definition) is 6. The van der Waals surface area contributed by atoms with Gasteiger partial charge in [-0.2, -0.15) is 0 Å². The zero-order chi connectivity index (χ0) is 18.0. The SMILES string of the molecule is COCC(=O)Nc1nnc([C@@H]2CC(=O)N(c3ccc(C)c(Cl)c3)C2)s1. The Balaban J connectivity index is 1.71. The van der Waals surface area contributed by atoms with Gasteiger partial charge in [-0.25, -0.2) is 0 Å². The van der Waals surface area contributed by atoms with E-state index >= 15 is 0 Å². The summed E-state index contributed by atoms with van der Waals surface area (Å²) in [6.45, 7) is 2.39. The minimum absolute atomic E-state index is 0.0186. The van der Waals surface area contributed by atoms with Crippen LogP contribution < -0.4 is 10.2 Å². The molecule has 132 valence electrons. The smallest absolute Gasteiger partial charge is 0.252 e. The molecule has 0 spiro atoms. The van der Waals surface area contributed by atoms with Gasteiger partial charge in [-0.05, 0) is 24.6 Å². The second-order valence-electron chi connectivity index (χ2n) is 5.77. The van der Waals surface area contributed by atoms with Gasteiger partial charge in [0, 0.05) is 36.7 Å². The van der Waals surface area contributed by atoms with Crippen LogP contribution in [0.1, 0.15) is 22.9 Å². The van der Waals surface area contributed by atoms with Gasteiger partial charge in [0.2, 0.25) is 11.0 Å². The molecular weight excluding hydrogens is 364 g/mol. The number of carbonyl (C=O) groups is 2. The molecule has 7 nitrogen and oxygen atoms in total. The lowest BCUT2D eigenvalue weighted by Crippen LogP contribution is -2.24. The molecule has 1 fully saturated rings. The van der Waals surface area contributed by atoms with Gasteiger partial charge in [0.1, 0.15) is 11.6 Å². The quantitative estimate of drug-likeness (QED) is 0.861. The monoisotopic (exact) mass is 380 g/mol. The predicted octanol–water partition coefficient (Wildman–Crippen LogP) is 2.61. The molecule has 0 saturated carbocycles. The summed E-state index contributed by atoms with van der Waals surface area (Å²) in [7, 11) is 1.45. The third kappa shape index (κ3) is 3.97. The Bertz CT molecular complexity index is 810. The molecule has 1 aromatic heterocycles. The minimum Gasteiger partial charge on any atom is -0.375 e. The molecule has 2 heterocycles. The number of aryl methyl sites for hydroxylation is 1. The van der Waals surface area contributed by atoms with E-state index < -0.39 is 0 Å². The van der Waals surface area contributed by atoms with Crippen LogP contribution in [0.2, 0.25) is 5.02 Å². The lowest BCUT2D eigenvalue weighted by molar-refractivity contribution is -0.119. The molecule has 3 rings (SSSR count). The number of halogens is 1. The summed E-state index contributed by atoms with van der Waals surface area (Å²) < 4.78 is 4.76. The van der Waals surface area contributed by atoms with Gasteiger partial charge in [0.15, 0.2) is 0 Å². The van der Waals surface area contributed by atoms with Crippen LogP contribution in [0.5, 0.6) is 0 Å². The highest BCUT2D eigenvalue weighted by molar-refractivity contribution is 7.15. The third-order valence-electron chi connectivity index (χ3n) is 3.90. The second kappa shape index (κ2) is 7.47. The van der Waals surface area contributed by atoms with Crippen molar-refractivity contribution in [2.45, 2.75) is 19.3 Å². The van der Waals surface area contributed by atoms with Crippen LogP contribution in [-0.2, 0) is 14.3 Å². The molecule has 0 aliphatic carbocycles. The molecule has 1 atom stereocenters. The molecule has 2 amide bonds. The van der Waals surface area contributed by atoms with Gasteiger partial charge in [0.05, 0.1) is 0 Å². The number of benzene rings is 1. The van der Waals surface area contributed by atoms with E-state index in [0.29, 0.717) is 23.1 Å². The molecule has 0 unspecified atom stereocenters. The van der Waals surface area contributed by atoms with Gasteiger partial charge in [0.25, 0.3) is 5.91 Å². The van der Waals surface area contributed by atoms with E-state index in [1.54, 1.807) is 11.0 Å². The number of hydrogen-bond donors (Lipinski definition) is 1. The van der Waals surface area contributed by atoms with Crippen molar-refractivity contribution in [3.8, 4) is 0 Å². The van der Waals surface area contributed by atoms with E-state index in [4.69, 9.17) is 16.3 Å². The Hall–Kier alpha value is -2.03. The van der Waals surface area contributed by atoms with E-state index in [1.165, 1.54) is 18.4 Å². The van der Waals surface area contributed by atoms with Gasteiger partial charge in [-0.3, -0.25) is 14.9 Å². The second-order valence-corrected chi connectivity index (χ2v) is 7.18. The van der Waals surface area contributed by atoms with Crippen molar-refractivity contribution in [3.63, 3.8) is 0 Å². The van der Waals surface area contributed by atoms with E-state index in [-0.39, 0.29) is 24.3 Å². The molecule has 0 bridgehead atoms. The lowest BCUT2D eigenvalue weighted by Gasteiger charge is -2.17. The first-order chi connectivity index (χ1) is 12.0. The number of nitrogens with one attached hydrogen (secondary N) is 1. The number of nitrogens with zero attached hydrogens (tertiary/aromatic N) is 3. The Morgan fingerprint density at radius 1 is 1.48 bits per heavy atom. The van der Waals surface area contributed by atoms with E-state index in [1.807, 2.05) is 19.1 Å². The minimum atomic E-state index is -0.288. The Morgan fingerprint density at radius 3 is 3.00 bits per heavy atom. The summed E-state index contributed by atoms with van der Waals surface area (Å²) in [5.41, 5.74) is 1.75. The fraction of sp³-hybridized carbons (Fsp3) is 0.375. The molecular formula is C16H17ClN4O3S. The number of rotatable bonds is 5. The van der Waals surface area contributed by atoms with Gasteiger partial charge in [-0.1, -0.05) is 29.0 Å². The van der Waals surface area contributed by atoms with Crippen molar-refractivity contribution in [1.29, 1.82) is 0 Å². The number of anilines is 2.